The summed E-state index contributed by atoms with van der Waals surface area (Å²) in [6, 6.07) is 17.1. The van der Waals surface area contributed by atoms with Crippen molar-refractivity contribution in [3.05, 3.63) is 88.7 Å². The zero-order valence-electron chi connectivity index (χ0n) is 34.4. The van der Waals surface area contributed by atoms with Gasteiger partial charge in [-0.3, -0.25) is 19.9 Å². The van der Waals surface area contributed by atoms with Crippen molar-refractivity contribution in [1.29, 1.82) is 0 Å². The number of hydrogen-bond donors (Lipinski definition) is 4. The van der Waals surface area contributed by atoms with E-state index in [0.717, 1.165) is 53.4 Å². The van der Waals surface area contributed by atoms with Crippen LogP contribution < -0.4 is 21.3 Å². The Morgan fingerprint density at radius 3 is 2.50 bits per heavy atom. The Morgan fingerprint density at radius 2 is 1.76 bits per heavy atom. The second kappa shape index (κ2) is 15.9. The van der Waals surface area contributed by atoms with Crippen molar-refractivity contribution in [2.24, 2.45) is 27.0 Å². The van der Waals surface area contributed by atoms with E-state index in [-0.39, 0.29) is 39.4 Å². The van der Waals surface area contributed by atoms with Crippen LogP contribution in [0.25, 0.3) is 15.8 Å². The molecule has 7 rings (SSSR count). The number of nitrogens with zero attached hydrogens (tertiary/aromatic N) is 4. The average molecular weight is 806 g/mol. The number of nitrogens with one attached hydrogen (secondary N) is 2. The maximum Gasteiger partial charge on any atom is 0.355 e. The Labute approximate surface area is 344 Å². The summed E-state index contributed by atoms with van der Waals surface area (Å²) in [5, 5.41) is 16.9. The Balaban J connectivity index is 1.09. The normalized spacial score (nSPS) is 24.3. The summed E-state index contributed by atoms with van der Waals surface area (Å²) >= 11 is 1.43. The highest BCUT2D eigenvalue weighted by molar-refractivity contribution is 7.22. The molecular formula is C45H55N7O5S. The van der Waals surface area contributed by atoms with E-state index in [0.29, 0.717) is 72.6 Å². The van der Waals surface area contributed by atoms with Gasteiger partial charge in [0.25, 0.3) is 5.91 Å². The van der Waals surface area contributed by atoms with Gasteiger partial charge in [0.15, 0.2) is 10.8 Å². The third-order valence-electron chi connectivity index (χ3n) is 11.9. The second-order valence-corrected chi connectivity index (χ2v) is 19.1. The summed E-state index contributed by atoms with van der Waals surface area (Å²) in [7, 11) is 0. The number of carbonyl (C=O) groups excluding carboxylic acids is 2. The van der Waals surface area contributed by atoms with Crippen LogP contribution in [0.1, 0.15) is 111 Å². The molecule has 3 unspecified atom stereocenters. The fourth-order valence-electron chi connectivity index (χ4n) is 10.8. The van der Waals surface area contributed by atoms with Crippen LogP contribution in [0.5, 0.6) is 0 Å². The molecular weight excluding hydrogens is 751 g/mol. The lowest BCUT2D eigenvalue weighted by molar-refractivity contribution is -0.188. The highest BCUT2D eigenvalue weighted by Gasteiger charge is 2.57. The fourth-order valence-corrected chi connectivity index (χ4v) is 11.6. The van der Waals surface area contributed by atoms with Crippen LogP contribution in [0.3, 0.4) is 0 Å². The number of benzene rings is 2. The molecule has 306 valence electrons. The van der Waals surface area contributed by atoms with Gasteiger partial charge in [-0.2, -0.15) is 0 Å². The molecule has 2 fully saturated rings. The Bertz CT molecular complexity index is 2280. The van der Waals surface area contributed by atoms with Gasteiger partial charge in [0.1, 0.15) is 5.82 Å². The fraction of sp³-hybridized carbons (Fsp3) is 0.467. The lowest BCUT2D eigenvalue weighted by Crippen LogP contribution is -2.57. The van der Waals surface area contributed by atoms with E-state index in [1.807, 2.05) is 60.4 Å². The number of pyridine rings is 1. The molecule has 0 radical (unpaired) electrons. The zero-order valence-corrected chi connectivity index (χ0v) is 35.2. The predicted molar refractivity (Wildman–Crippen MR) is 231 cm³/mol. The van der Waals surface area contributed by atoms with Gasteiger partial charge in [-0.1, -0.05) is 63.3 Å². The Hall–Kier alpha value is -5.14. The third kappa shape index (κ3) is 8.80. The average Bonchev–Trinajstić information content (AvgIpc) is 3.56. The van der Waals surface area contributed by atoms with Crippen LogP contribution in [0, 0.1) is 16.2 Å². The molecule has 0 spiro atoms. The number of para-hydroxylation sites is 1. The smallest absolute Gasteiger partial charge is 0.355 e. The number of aliphatic imine (C=N–C) groups is 1. The summed E-state index contributed by atoms with van der Waals surface area (Å²) in [5.74, 6) is -0.978. The summed E-state index contributed by atoms with van der Waals surface area (Å²) < 4.78 is 7.71. The largest absolute Gasteiger partial charge is 0.476 e. The highest BCUT2D eigenvalue weighted by atomic mass is 32.1. The topological polar surface area (TPSA) is 172 Å². The minimum atomic E-state index is -1.17. The van der Waals surface area contributed by atoms with E-state index in [1.165, 1.54) is 24.5 Å². The summed E-state index contributed by atoms with van der Waals surface area (Å²) in [6.45, 7) is 15.1. The molecule has 58 heavy (non-hydrogen) atoms. The van der Waals surface area contributed by atoms with E-state index >= 15 is 0 Å². The van der Waals surface area contributed by atoms with Crippen LogP contribution in [0.4, 0.5) is 10.9 Å². The number of anilines is 2. The molecule has 12 nitrogen and oxygen atoms in total. The van der Waals surface area contributed by atoms with Crippen molar-refractivity contribution in [1.82, 2.24) is 15.3 Å². The standard InChI is InChI=1S/C45H55N7O5S/c1-28(48-27-44(6)24-43(5)22-42(3,4)23-45(25-43,26-44)57-19-17-47-29(2)53)33(20-46)31-14-15-37(50-38(31)40(55)56)52-18-16-30-10-9-11-32(34(30)21-52)39(54)51-41-49-35-12-7-8-13-36(35)58-41/h7-15,20H,16-19,21-27,46H2,1-6H3,(H,47,53)(H,55,56)(H,49,51,54). The molecule has 2 bridgehead atoms. The molecule has 2 aromatic heterocycles. The Kier molecular flexibility index (Phi) is 11.2. The van der Waals surface area contributed by atoms with Crippen LogP contribution in [-0.2, 0) is 22.5 Å². The van der Waals surface area contributed by atoms with Crippen LogP contribution in [-0.4, -0.2) is 70.4 Å². The molecule has 13 heteroatoms. The van der Waals surface area contributed by atoms with Gasteiger partial charge in [0, 0.05) is 61.7 Å². The van der Waals surface area contributed by atoms with Crippen molar-refractivity contribution in [3.63, 3.8) is 0 Å². The van der Waals surface area contributed by atoms with Gasteiger partial charge in [0.2, 0.25) is 5.91 Å². The van der Waals surface area contributed by atoms with Crippen molar-refractivity contribution in [3.8, 4) is 0 Å². The molecule has 2 aromatic carbocycles. The number of nitrogens with two attached hydrogens (primary N) is 1. The predicted octanol–water partition coefficient (Wildman–Crippen LogP) is 7.87. The Morgan fingerprint density at radius 1 is 0.966 bits per heavy atom. The summed E-state index contributed by atoms with van der Waals surface area (Å²) in [6.07, 6.45) is 6.90. The number of thiazole rings is 1. The van der Waals surface area contributed by atoms with E-state index in [9.17, 15) is 19.5 Å². The van der Waals surface area contributed by atoms with E-state index < -0.39 is 5.97 Å². The third-order valence-corrected chi connectivity index (χ3v) is 12.9. The van der Waals surface area contributed by atoms with E-state index in [1.54, 1.807) is 6.07 Å². The van der Waals surface area contributed by atoms with E-state index in [4.69, 9.17) is 20.4 Å². The number of rotatable bonds is 12. The van der Waals surface area contributed by atoms with Crippen molar-refractivity contribution in [2.45, 2.75) is 92.2 Å². The molecule has 1 aliphatic heterocycles. The molecule has 3 aliphatic rings. The van der Waals surface area contributed by atoms with Gasteiger partial charge >= 0.3 is 5.97 Å². The molecule has 5 N–H and O–H groups in total. The minimum Gasteiger partial charge on any atom is -0.476 e. The van der Waals surface area contributed by atoms with Crippen LogP contribution in [0.2, 0.25) is 0 Å². The van der Waals surface area contributed by atoms with E-state index in [2.05, 4.69) is 43.3 Å². The number of amides is 2. The quantitative estimate of drug-likeness (QED) is 0.0821. The van der Waals surface area contributed by atoms with Gasteiger partial charge in [0.05, 0.1) is 22.4 Å². The zero-order chi connectivity index (χ0) is 41.5. The second-order valence-electron chi connectivity index (χ2n) is 18.1. The number of ether oxygens (including phenoxy) is 1. The molecule has 2 amide bonds. The number of carboxylic acids is 1. The highest BCUT2D eigenvalue weighted by Crippen LogP contribution is 2.63. The molecule has 4 aromatic rings. The first-order chi connectivity index (χ1) is 27.5. The first-order valence-electron chi connectivity index (χ1n) is 20.1. The first-order valence-corrected chi connectivity index (χ1v) is 20.9. The van der Waals surface area contributed by atoms with Crippen molar-refractivity contribution < 1.29 is 24.2 Å². The number of hydrogen-bond acceptors (Lipinski definition) is 10. The van der Waals surface area contributed by atoms with Crippen LogP contribution >= 0.6 is 11.3 Å². The monoisotopic (exact) mass is 805 g/mol. The lowest BCUT2D eigenvalue weighted by atomic mass is 9.48. The summed E-state index contributed by atoms with van der Waals surface area (Å²) in [4.78, 5) is 54.4. The number of carbonyl (C=O) groups is 3. The number of carboxylic acid groups (broad SMARTS) is 1. The molecule has 3 heterocycles. The lowest BCUT2D eigenvalue weighted by Gasteiger charge is -2.61. The van der Waals surface area contributed by atoms with Gasteiger partial charge < -0.3 is 25.8 Å². The maximum atomic E-state index is 13.6. The van der Waals surface area contributed by atoms with Crippen molar-refractivity contribution in [2.75, 3.05) is 36.5 Å². The first kappa shape index (κ1) is 41.0. The number of aromatic carboxylic acids is 1. The van der Waals surface area contributed by atoms with Crippen molar-refractivity contribution >= 4 is 61.6 Å². The van der Waals surface area contributed by atoms with Gasteiger partial charge in [-0.25, -0.2) is 14.8 Å². The summed E-state index contributed by atoms with van der Waals surface area (Å²) in [5.41, 5.74) is 10.7. The number of fused-ring (bicyclic) bond motifs is 4. The number of allylic oxidation sites excluding steroid dienone is 1. The number of aromatic nitrogens is 2. The molecule has 3 atom stereocenters. The minimum absolute atomic E-state index is 0.0604. The molecule has 0 saturated heterocycles. The molecule has 2 aliphatic carbocycles. The van der Waals surface area contributed by atoms with Gasteiger partial charge in [-0.15, -0.1) is 0 Å². The van der Waals surface area contributed by atoms with Crippen LogP contribution in [0.15, 0.2) is 65.8 Å². The molecule has 2 saturated carbocycles. The maximum absolute atomic E-state index is 13.6. The SMILES string of the molecule is CC(=O)NCCOC12CC(C)(C)CC(C)(CC(C)(CN=C(C)C(=CN)c3ccc(N4CCc5cccc(C(=O)Nc6nc7ccccc7s6)c5C4)nc3C(=O)O)C1)C2. The van der Waals surface area contributed by atoms with Gasteiger partial charge in [-0.05, 0) is 103 Å².